The van der Waals surface area contributed by atoms with Crippen molar-refractivity contribution in [2.45, 2.75) is 33.0 Å². The van der Waals surface area contributed by atoms with E-state index in [1.54, 1.807) is 0 Å². The standard InChI is InChI=1S/C22H37N5O2.HI/c1-3-23-22(24-16-19(2)27-9-13-29-14-10-27)25-17-20-5-4-6-21(15-20)18-26-7-11-28-12-8-26;/h4-6,15,19H,3,7-14,16-18H2,1-2H3,(H2,23,24,25);1H. The van der Waals surface area contributed by atoms with Crippen LogP contribution >= 0.6 is 24.0 Å². The Hall–Kier alpha value is -0.940. The van der Waals surface area contributed by atoms with Crippen molar-refractivity contribution in [3.8, 4) is 0 Å². The molecule has 2 saturated heterocycles. The van der Waals surface area contributed by atoms with Crippen LogP contribution in [0, 0.1) is 0 Å². The summed E-state index contributed by atoms with van der Waals surface area (Å²) < 4.78 is 10.9. The molecule has 8 heteroatoms. The van der Waals surface area contributed by atoms with Crippen molar-refractivity contribution in [1.29, 1.82) is 0 Å². The zero-order valence-corrected chi connectivity index (χ0v) is 20.8. The maximum atomic E-state index is 5.45. The molecule has 2 heterocycles. The zero-order chi connectivity index (χ0) is 20.3. The molecule has 170 valence electrons. The van der Waals surface area contributed by atoms with E-state index < -0.39 is 0 Å². The van der Waals surface area contributed by atoms with Gasteiger partial charge in [-0.3, -0.25) is 9.80 Å². The molecule has 30 heavy (non-hydrogen) atoms. The second-order valence-corrected chi connectivity index (χ2v) is 7.78. The van der Waals surface area contributed by atoms with E-state index in [2.05, 4.69) is 58.5 Å². The van der Waals surface area contributed by atoms with Crippen molar-refractivity contribution >= 4 is 29.9 Å². The van der Waals surface area contributed by atoms with Crippen LogP contribution in [0.3, 0.4) is 0 Å². The lowest BCUT2D eigenvalue weighted by Gasteiger charge is -2.32. The maximum Gasteiger partial charge on any atom is 0.191 e. The molecular formula is C22H38IN5O2. The maximum absolute atomic E-state index is 5.45. The monoisotopic (exact) mass is 531 g/mol. The number of guanidine groups is 1. The Labute approximate surface area is 198 Å². The average Bonchev–Trinajstić information content (AvgIpc) is 2.77. The highest BCUT2D eigenvalue weighted by atomic mass is 127. The predicted molar refractivity (Wildman–Crippen MR) is 133 cm³/mol. The lowest BCUT2D eigenvalue weighted by atomic mass is 10.1. The quantitative estimate of drug-likeness (QED) is 0.304. The second kappa shape index (κ2) is 14.2. The van der Waals surface area contributed by atoms with E-state index >= 15 is 0 Å². The summed E-state index contributed by atoms with van der Waals surface area (Å²) in [6.45, 7) is 15.1. The van der Waals surface area contributed by atoms with Gasteiger partial charge >= 0.3 is 0 Å². The van der Waals surface area contributed by atoms with Crippen molar-refractivity contribution in [2.24, 2.45) is 4.99 Å². The topological polar surface area (TPSA) is 61.4 Å². The summed E-state index contributed by atoms with van der Waals surface area (Å²) in [5.74, 6) is 0.881. The van der Waals surface area contributed by atoms with Gasteiger partial charge in [-0.1, -0.05) is 24.3 Å². The molecule has 7 nitrogen and oxygen atoms in total. The average molecular weight is 531 g/mol. The first-order valence-corrected chi connectivity index (χ1v) is 11.0. The first kappa shape index (κ1) is 25.3. The summed E-state index contributed by atoms with van der Waals surface area (Å²) >= 11 is 0. The Kier molecular flexibility index (Phi) is 12.0. The SMILES string of the molecule is CCNC(=NCc1cccc(CN2CCOCC2)c1)NCC(C)N1CCOCC1.I. The molecule has 0 spiro atoms. The fourth-order valence-electron chi connectivity index (χ4n) is 3.75. The van der Waals surface area contributed by atoms with E-state index in [0.717, 1.165) is 78.2 Å². The van der Waals surface area contributed by atoms with E-state index in [0.29, 0.717) is 12.6 Å². The van der Waals surface area contributed by atoms with Crippen LogP contribution in [0.2, 0.25) is 0 Å². The number of nitrogens with zero attached hydrogens (tertiary/aromatic N) is 3. The van der Waals surface area contributed by atoms with Gasteiger partial charge in [-0.15, -0.1) is 24.0 Å². The van der Waals surface area contributed by atoms with Gasteiger partial charge in [0.2, 0.25) is 0 Å². The Morgan fingerprint density at radius 2 is 1.70 bits per heavy atom. The first-order chi connectivity index (χ1) is 14.2. The molecule has 0 aromatic heterocycles. The molecule has 1 atom stereocenters. The molecule has 1 aromatic carbocycles. The van der Waals surface area contributed by atoms with E-state index in [4.69, 9.17) is 14.5 Å². The lowest BCUT2D eigenvalue weighted by molar-refractivity contribution is 0.0211. The molecule has 0 saturated carbocycles. The van der Waals surface area contributed by atoms with Gasteiger partial charge in [-0.2, -0.15) is 0 Å². The van der Waals surface area contributed by atoms with Crippen LogP contribution in [0.25, 0.3) is 0 Å². The summed E-state index contributed by atoms with van der Waals surface area (Å²) in [7, 11) is 0. The van der Waals surface area contributed by atoms with Crippen molar-refractivity contribution in [2.75, 3.05) is 65.7 Å². The summed E-state index contributed by atoms with van der Waals surface area (Å²) in [5.41, 5.74) is 2.59. The number of nitrogens with one attached hydrogen (secondary N) is 2. The number of halogens is 1. The summed E-state index contributed by atoms with van der Waals surface area (Å²) in [6.07, 6.45) is 0. The molecule has 2 N–H and O–H groups in total. The number of hydrogen-bond donors (Lipinski definition) is 2. The van der Waals surface area contributed by atoms with Crippen molar-refractivity contribution in [3.05, 3.63) is 35.4 Å². The fraction of sp³-hybridized carbons (Fsp3) is 0.682. The van der Waals surface area contributed by atoms with Crippen LogP contribution in [0.4, 0.5) is 0 Å². The number of hydrogen-bond acceptors (Lipinski definition) is 5. The van der Waals surface area contributed by atoms with Crippen molar-refractivity contribution < 1.29 is 9.47 Å². The summed E-state index contributed by atoms with van der Waals surface area (Å²) in [6, 6.07) is 9.24. The molecule has 2 aliphatic heterocycles. The normalized spacial score (nSPS) is 19.7. The Morgan fingerprint density at radius 1 is 1.03 bits per heavy atom. The van der Waals surface area contributed by atoms with Gasteiger partial charge < -0.3 is 20.1 Å². The third kappa shape index (κ3) is 8.66. The molecule has 1 unspecified atom stereocenters. The van der Waals surface area contributed by atoms with Gasteiger partial charge in [0.05, 0.1) is 33.0 Å². The lowest BCUT2D eigenvalue weighted by Crippen LogP contribution is -2.49. The molecule has 2 aliphatic rings. The molecule has 1 aromatic rings. The zero-order valence-electron chi connectivity index (χ0n) is 18.4. The number of aliphatic imine (C=N–C) groups is 1. The Morgan fingerprint density at radius 3 is 2.40 bits per heavy atom. The van der Waals surface area contributed by atoms with Gasteiger partial charge in [-0.25, -0.2) is 4.99 Å². The molecule has 0 amide bonds. The van der Waals surface area contributed by atoms with Gasteiger partial charge in [0.1, 0.15) is 0 Å². The number of ether oxygens (including phenoxy) is 2. The molecular weight excluding hydrogens is 493 g/mol. The largest absolute Gasteiger partial charge is 0.379 e. The van der Waals surface area contributed by atoms with Gasteiger partial charge in [-0.05, 0) is 25.0 Å². The number of rotatable bonds is 8. The van der Waals surface area contributed by atoms with Crippen LogP contribution in [-0.2, 0) is 22.6 Å². The van der Waals surface area contributed by atoms with Crippen LogP contribution in [0.15, 0.2) is 29.3 Å². The Bertz CT molecular complexity index is 634. The third-order valence-corrected chi connectivity index (χ3v) is 5.50. The minimum Gasteiger partial charge on any atom is -0.379 e. The van der Waals surface area contributed by atoms with Gasteiger partial charge in [0.25, 0.3) is 0 Å². The van der Waals surface area contributed by atoms with E-state index in [1.165, 1.54) is 11.1 Å². The fourth-order valence-corrected chi connectivity index (χ4v) is 3.75. The highest BCUT2D eigenvalue weighted by Gasteiger charge is 2.17. The highest BCUT2D eigenvalue weighted by molar-refractivity contribution is 14.0. The van der Waals surface area contributed by atoms with Gasteiger partial charge in [0.15, 0.2) is 5.96 Å². The van der Waals surface area contributed by atoms with E-state index in [1.807, 2.05) is 0 Å². The molecule has 0 aliphatic carbocycles. The van der Waals surface area contributed by atoms with Crippen LogP contribution < -0.4 is 10.6 Å². The van der Waals surface area contributed by atoms with Crippen molar-refractivity contribution in [1.82, 2.24) is 20.4 Å². The number of morpholine rings is 2. The summed E-state index contributed by atoms with van der Waals surface area (Å²) in [5, 5.41) is 6.87. The van der Waals surface area contributed by atoms with Gasteiger partial charge in [0, 0.05) is 51.9 Å². The highest BCUT2D eigenvalue weighted by Crippen LogP contribution is 2.11. The molecule has 0 radical (unpaired) electrons. The smallest absolute Gasteiger partial charge is 0.191 e. The minimum absolute atomic E-state index is 0. The van der Waals surface area contributed by atoms with Crippen LogP contribution in [-0.4, -0.2) is 87.5 Å². The second-order valence-electron chi connectivity index (χ2n) is 7.78. The summed E-state index contributed by atoms with van der Waals surface area (Å²) in [4.78, 5) is 9.72. The molecule has 0 bridgehead atoms. The van der Waals surface area contributed by atoms with E-state index in [-0.39, 0.29) is 24.0 Å². The molecule has 3 rings (SSSR count). The third-order valence-electron chi connectivity index (χ3n) is 5.50. The van der Waals surface area contributed by atoms with E-state index in [9.17, 15) is 0 Å². The first-order valence-electron chi connectivity index (χ1n) is 11.0. The predicted octanol–water partition coefficient (Wildman–Crippen LogP) is 1.91. The number of benzene rings is 1. The van der Waals surface area contributed by atoms with Crippen LogP contribution in [0.1, 0.15) is 25.0 Å². The molecule has 2 fully saturated rings. The Balaban J connectivity index is 0.00000320. The van der Waals surface area contributed by atoms with Crippen molar-refractivity contribution in [3.63, 3.8) is 0 Å². The minimum atomic E-state index is 0. The van der Waals surface area contributed by atoms with Crippen LogP contribution in [0.5, 0.6) is 0 Å².